The minimum Gasteiger partial charge on any atom is -0.324 e. The molecule has 5 nitrogen and oxygen atoms in total. The number of hydrogen-bond acceptors (Lipinski definition) is 4. The van der Waals surface area contributed by atoms with Crippen molar-refractivity contribution in [2.75, 3.05) is 6.54 Å². The molecule has 1 aliphatic heterocycles. The van der Waals surface area contributed by atoms with Gasteiger partial charge in [-0.05, 0) is 62.5 Å². The summed E-state index contributed by atoms with van der Waals surface area (Å²) in [6, 6.07) is 10.7. The number of rotatable bonds is 6. The van der Waals surface area contributed by atoms with Crippen molar-refractivity contribution >= 4 is 11.0 Å². The largest absolute Gasteiger partial charge is 0.324 e. The molecule has 2 saturated carbocycles. The van der Waals surface area contributed by atoms with Crippen LogP contribution in [-0.4, -0.2) is 43.0 Å². The third-order valence-electron chi connectivity index (χ3n) is 9.17. The third kappa shape index (κ3) is 4.89. The third-order valence-corrected chi connectivity index (χ3v) is 9.17. The molecule has 1 unspecified atom stereocenters. The average molecular weight is 472 g/mol. The molecule has 3 heterocycles. The van der Waals surface area contributed by atoms with E-state index in [0.717, 1.165) is 41.3 Å². The standard InChI is InChI=1S/C30H41N5/c1-2-7-25-20-26(12-15-34(25)27-17-22-8-3-4-9-23(16-22)18-27)35-29-11-6-5-10-28(29)33-30(35)19-24-21-31-13-14-32-24/h5-6,10-11,13-14,21-23,25-27H,2-4,7-9,12,15-20H2,1H3/t22-,23+,25-,26-,27?/m1/s1. The van der Waals surface area contributed by atoms with Crippen molar-refractivity contribution in [3.8, 4) is 0 Å². The average Bonchev–Trinajstić information content (AvgIpc) is 3.15. The second-order valence-electron chi connectivity index (χ2n) is 11.5. The van der Waals surface area contributed by atoms with Gasteiger partial charge in [-0.15, -0.1) is 0 Å². The molecule has 0 spiro atoms. The molecule has 0 N–H and O–H groups in total. The van der Waals surface area contributed by atoms with Gasteiger partial charge in [0, 0.05) is 49.7 Å². The van der Waals surface area contributed by atoms with Crippen molar-refractivity contribution in [1.29, 1.82) is 0 Å². The number of aromatic nitrogens is 4. The number of likely N-dealkylation sites (tertiary alicyclic amines) is 1. The van der Waals surface area contributed by atoms with Crippen LogP contribution in [0.1, 0.15) is 95.1 Å². The molecule has 5 atom stereocenters. The van der Waals surface area contributed by atoms with Crippen LogP contribution in [0.25, 0.3) is 11.0 Å². The number of imidazole rings is 1. The Morgan fingerprint density at radius 1 is 0.914 bits per heavy atom. The summed E-state index contributed by atoms with van der Waals surface area (Å²) in [5.41, 5.74) is 3.39. The maximum atomic E-state index is 5.09. The highest BCUT2D eigenvalue weighted by atomic mass is 15.2. The molecule has 35 heavy (non-hydrogen) atoms. The highest BCUT2D eigenvalue weighted by Gasteiger charge is 2.39. The summed E-state index contributed by atoms with van der Waals surface area (Å²) in [5, 5.41) is 0. The molecule has 186 valence electrons. The van der Waals surface area contributed by atoms with Gasteiger partial charge in [-0.25, -0.2) is 4.98 Å². The summed E-state index contributed by atoms with van der Waals surface area (Å²) >= 11 is 0. The number of fused-ring (bicyclic) bond motifs is 3. The van der Waals surface area contributed by atoms with Crippen molar-refractivity contribution < 1.29 is 0 Å². The van der Waals surface area contributed by atoms with E-state index in [4.69, 9.17) is 4.98 Å². The summed E-state index contributed by atoms with van der Waals surface area (Å²) in [7, 11) is 0. The first-order valence-corrected chi connectivity index (χ1v) is 14.2. The van der Waals surface area contributed by atoms with E-state index in [2.05, 4.69) is 50.6 Å². The lowest BCUT2D eigenvalue weighted by molar-refractivity contribution is 0.0233. The molecule has 1 saturated heterocycles. The van der Waals surface area contributed by atoms with Gasteiger partial charge in [-0.2, -0.15) is 0 Å². The van der Waals surface area contributed by atoms with Gasteiger partial charge in [0.15, 0.2) is 0 Å². The maximum absolute atomic E-state index is 5.09. The summed E-state index contributed by atoms with van der Waals surface area (Å²) < 4.78 is 2.57. The van der Waals surface area contributed by atoms with Gasteiger partial charge >= 0.3 is 0 Å². The van der Waals surface area contributed by atoms with Crippen LogP contribution in [0.5, 0.6) is 0 Å². The van der Waals surface area contributed by atoms with Crippen LogP contribution >= 0.6 is 0 Å². The Morgan fingerprint density at radius 2 is 1.74 bits per heavy atom. The maximum Gasteiger partial charge on any atom is 0.116 e. The summed E-state index contributed by atoms with van der Waals surface area (Å²) in [6.07, 6.45) is 21.5. The van der Waals surface area contributed by atoms with Crippen LogP contribution in [0.15, 0.2) is 42.9 Å². The van der Waals surface area contributed by atoms with Crippen molar-refractivity contribution in [2.24, 2.45) is 11.8 Å². The Hall–Kier alpha value is -2.27. The quantitative estimate of drug-likeness (QED) is 0.407. The lowest BCUT2D eigenvalue weighted by Crippen LogP contribution is -2.51. The molecule has 6 rings (SSSR count). The SMILES string of the molecule is CCC[C@@H]1C[C@H](n2c(Cc3cnccn3)nc3ccccc32)CCN1C1C[C@H]2CCCC[C@@H](C1)C2. The van der Waals surface area contributed by atoms with Gasteiger partial charge < -0.3 is 4.57 Å². The number of para-hydroxylation sites is 2. The van der Waals surface area contributed by atoms with Gasteiger partial charge in [-0.1, -0.05) is 51.2 Å². The normalized spacial score (nSPS) is 29.8. The number of nitrogens with zero attached hydrogens (tertiary/aromatic N) is 5. The monoisotopic (exact) mass is 471 g/mol. The molecule has 3 aromatic rings. The summed E-state index contributed by atoms with van der Waals surface area (Å²) in [4.78, 5) is 16.9. The smallest absolute Gasteiger partial charge is 0.116 e. The van der Waals surface area contributed by atoms with Crippen molar-refractivity contribution in [3.63, 3.8) is 0 Å². The fourth-order valence-corrected chi connectivity index (χ4v) is 7.73. The molecule has 5 heteroatoms. The minimum absolute atomic E-state index is 0.507. The Labute approximate surface area is 210 Å². The first-order valence-electron chi connectivity index (χ1n) is 14.2. The Bertz CT molecular complexity index is 1090. The number of hydrogen-bond donors (Lipinski definition) is 0. The molecule has 0 amide bonds. The molecule has 3 fully saturated rings. The van der Waals surface area contributed by atoms with Crippen LogP contribution in [0.3, 0.4) is 0 Å². The van der Waals surface area contributed by atoms with Gasteiger partial charge in [0.05, 0.1) is 16.7 Å². The molecule has 2 aliphatic carbocycles. The van der Waals surface area contributed by atoms with E-state index in [1.54, 1.807) is 12.4 Å². The van der Waals surface area contributed by atoms with E-state index in [0.29, 0.717) is 12.1 Å². The lowest BCUT2D eigenvalue weighted by atomic mass is 9.76. The number of benzene rings is 1. The van der Waals surface area contributed by atoms with Gasteiger partial charge in [0.1, 0.15) is 5.82 Å². The van der Waals surface area contributed by atoms with Gasteiger partial charge in [0.2, 0.25) is 0 Å². The lowest BCUT2D eigenvalue weighted by Gasteiger charge is -2.48. The topological polar surface area (TPSA) is 46.8 Å². The van der Waals surface area contributed by atoms with Crippen molar-refractivity contribution in [1.82, 2.24) is 24.4 Å². The van der Waals surface area contributed by atoms with E-state index in [1.807, 2.05) is 6.20 Å². The highest BCUT2D eigenvalue weighted by Crippen LogP contribution is 2.43. The van der Waals surface area contributed by atoms with Gasteiger partial charge in [-0.3, -0.25) is 14.9 Å². The highest BCUT2D eigenvalue weighted by molar-refractivity contribution is 5.76. The van der Waals surface area contributed by atoms with E-state index in [-0.39, 0.29) is 0 Å². The first kappa shape index (κ1) is 23.1. The van der Waals surface area contributed by atoms with Crippen LogP contribution in [0.2, 0.25) is 0 Å². The van der Waals surface area contributed by atoms with E-state index in [9.17, 15) is 0 Å². The molecule has 0 radical (unpaired) electrons. The predicted octanol–water partition coefficient (Wildman–Crippen LogP) is 6.58. The van der Waals surface area contributed by atoms with Crippen LogP contribution in [0.4, 0.5) is 0 Å². The fourth-order valence-electron chi connectivity index (χ4n) is 7.73. The zero-order valence-electron chi connectivity index (χ0n) is 21.4. The molecule has 1 aromatic carbocycles. The van der Waals surface area contributed by atoms with E-state index < -0.39 is 0 Å². The molecule has 2 bridgehead atoms. The summed E-state index contributed by atoms with van der Waals surface area (Å²) in [6.45, 7) is 3.60. The number of piperidine rings is 1. The minimum atomic E-state index is 0.507. The zero-order chi connectivity index (χ0) is 23.6. The van der Waals surface area contributed by atoms with Crippen molar-refractivity contribution in [3.05, 3.63) is 54.4 Å². The Morgan fingerprint density at radius 3 is 2.51 bits per heavy atom. The molecule has 3 aliphatic rings. The van der Waals surface area contributed by atoms with Crippen LogP contribution < -0.4 is 0 Å². The molecular weight excluding hydrogens is 430 g/mol. The van der Waals surface area contributed by atoms with E-state index in [1.165, 1.54) is 82.7 Å². The van der Waals surface area contributed by atoms with Crippen LogP contribution in [-0.2, 0) is 6.42 Å². The molecular formula is C30H41N5. The van der Waals surface area contributed by atoms with Gasteiger partial charge in [0.25, 0.3) is 0 Å². The van der Waals surface area contributed by atoms with E-state index >= 15 is 0 Å². The zero-order valence-corrected chi connectivity index (χ0v) is 21.4. The second kappa shape index (κ2) is 10.4. The summed E-state index contributed by atoms with van der Waals surface area (Å²) in [5.74, 6) is 3.11. The predicted molar refractivity (Wildman–Crippen MR) is 141 cm³/mol. The Kier molecular flexibility index (Phi) is 6.86. The molecule has 2 aromatic heterocycles. The van der Waals surface area contributed by atoms with Crippen molar-refractivity contribution in [2.45, 2.75) is 102 Å². The Balaban J connectivity index is 1.27. The second-order valence-corrected chi connectivity index (χ2v) is 11.5. The fraction of sp³-hybridized carbons (Fsp3) is 0.633. The first-order chi connectivity index (χ1) is 17.3. The van der Waals surface area contributed by atoms with Crippen LogP contribution in [0, 0.1) is 11.8 Å².